The normalized spacial score (nSPS) is 23.0. The number of carbonyl (C=O) groups is 1. The van der Waals surface area contributed by atoms with Gasteiger partial charge in [-0.25, -0.2) is 4.79 Å². The van der Waals surface area contributed by atoms with Crippen LogP contribution in [0, 0.1) is 12.8 Å². The van der Waals surface area contributed by atoms with Gasteiger partial charge in [-0.3, -0.25) is 0 Å². The lowest BCUT2D eigenvalue weighted by Crippen LogP contribution is -2.39. The topological polar surface area (TPSA) is 89.3 Å². The molecular weight excluding hydrogens is 284 g/mol. The number of aryl methyl sites for hydroxylation is 1. The summed E-state index contributed by atoms with van der Waals surface area (Å²) in [5, 5.41) is 9.24. The first-order chi connectivity index (χ1) is 10.6. The maximum absolute atomic E-state index is 11.8. The summed E-state index contributed by atoms with van der Waals surface area (Å²) in [5.41, 5.74) is 0. The number of rotatable bonds is 6. The summed E-state index contributed by atoms with van der Waals surface area (Å²) in [7, 11) is 0. The molecule has 1 aliphatic rings. The van der Waals surface area contributed by atoms with Crippen LogP contribution < -0.4 is 10.6 Å². The predicted molar refractivity (Wildman–Crippen MR) is 81.4 cm³/mol. The monoisotopic (exact) mass is 310 g/mol. The van der Waals surface area contributed by atoms with E-state index >= 15 is 0 Å². The highest BCUT2D eigenvalue weighted by atomic mass is 16.5. The van der Waals surface area contributed by atoms with Crippen LogP contribution in [-0.2, 0) is 4.74 Å². The molecule has 0 unspecified atom stereocenters. The number of hydrogen-bond donors (Lipinski definition) is 2. The number of carbonyl (C=O) groups excluding carboxylic acids is 1. The molecule has 7 heteroatoms. The molecule has 0 radical (unpaired) electrons. The van der Waals surface area contributed by atoms with Crippen molar-refractivity contribution in [3.05, 3.63) is 11.7 Å². The minimum atomic E-state index is -0.319. The van der Waals surface area contributed by atoms with E-state index in [4.69, 9.17) is 9.26 Å². The van der Waals surface area contributed by atoms with Gasteiger partial charge in [-0.15, -0.1) is 0 Å². The molecule has 2 N–H and O–H groups in total. The Kier molecular flexibility index (Phi) is 6.18. The molecule has 0 saturated heterocycles. The van der Waals surface area contributed by atoms with Crippen molar-refractivity contribution in [3.8, 4) is 0 Å². The van der Waals surface area contributed by atoms with Crippen LogP contribution in [0.5, 0.6) is 0 Å². The SMILES string of the molecule is Cc1noc([C@H](C)NC(=O)NCCO[C@@H]2CCCC[C@@H]2C)n1. The molecular formula is C15H26N4O3. The Morgan fingerprint density at radius 1 is 1.45 bits per heavy atom. The van der Waals surface area contributed by atoms with E-state index in [1.54, 1.807) is 13.8 Å². The Labute approximate surface area is 131 Å². The van der Waals surface area contributed by atoms with Crippen LogP contribution in [0.2, 0.25) is 0 Å². The van der Waals surface area contributed by atoms with Crippen LogP contribution in [0.1, 0.15) is 57.3 Å². The fourth-order valence-corrected chi connectivity index (χ4v) is 2.70. The van der Waals surface area contributed by atoms with Crippen LogP contribution in [-0.4, -0.2) is 35.4 Å². The molecule has 1 heterocycles. The van der Waals surface area contributed by atoms with Crippen molar-refractivity contribution < 1.29 is 14.1 Å². The van der Waals surface area contributed by atoms with Crippen LogP contribution >= 0.6 is 0 Å². The van der Waals surface area contributed by atoms with E-state index in [9.17, 15) is 4.79 Å². The summed E-state index contributed by atoms with van der Waals surface area (Å²) in [5.74, 6) is 1.57. The number of ether oxygens (including phenoxy) is 1. The molecule has 0 aromatic carbocycles. The molecule has 0 aliphatic heterocycles. The molecule has 0 bridgehead atoms. The highest BCUT2D eigenvalue weighted by Crippen LogP contribution is 2.25. The number of nitrogens with one attached hydrogen (secondary N) is 2. The minimum Gasteiger partial charge on any atom is -0.376 e. The quantitative estimate of drug-likeness (QED) is 0.787. The highest BCUT2D eigenvalue weighted by molar-refractivity contribution is 5.74. The van der Waals surface area contributed by atoms with Gasteiger partial charge in [-0.05, 0) is 32.6 Å². The molecule has 7 nitrogen and oxygen atoms in total. The number of amides is 2. The molecule has 1 fully saturated rings. The maximum atomic E-state index is 11.8. The third kappa shape index (κ3) is 4.98. The third-order valence-corrected chi connectivity index (χ3v) is 4.01. The second-order valence-corrected chi connectivity index (χ2v) is 5.97. The van der Waals surface area contributed by atoms with Gasteiger partial charge in [0.05, 0.1) is 12.7 Å². The summed E-state index contributed by atoms with van der Waals surface area (Å²) in [6, 6.07) is -0.580. The Hall–Kier alpha value is -1.63. The van der Waals surface area contributed by atoms with Gasteiger partial charge >= 0.3 is 6.03 Å². The Morgan fingerprint density at radius 2 is 2.23 bits per heavy atom. The lowest BCUT2D eigenvalue weighted by molar-refractivity contribution is -0.00245. The molecule has 124 valence electrons. The van der Waals surface area contributed by atoms with E-state index in [0.29, 0.717) is 36.9 Å². The number of aromatic nitrogens is 2. The first-order valence-electron chi connectivity index (χ1n) is 8.02. The van der Waals surface area contributed by atoms with Gasteiger partial charge in [0, 0.05) is 6.54 Å². The van der Waals surface area contributed by atoms with E-state index in [1.807, 2.05) is 0 Å². The van der Waals surface area contributed by atoms with Crippen molar-refractivity contribution in [1.82, 2.24) is 20.8 Å². The summed E-state index contributed by atoms with van der Waals surface area (Å²) >= 11 is 0. The smallest absolute Gasteiger partial charge is 0.315 e. The van der Waals surface area contributed by atoms with Crippen molar-refractivity contribution in [1.29, 1.82) is 0 Å². The molecule has 1 aromatic rings. The van der Waals surface area contributed by atoms with Crippen molar-refractivity contribution in [2.75, 3.05) is 13.2 Å². The number of urea groups is 1. The van der Waals surface area contributed by atoms with E-state index in [2.05, 4.69) is 27.7 Å². The molecule has 1 aromatic heterocycles. The lowest BCUT2D eigenvalue weighted by Gasteiger charge is -2.28. The largest absolute Gasteiger partial charge is 0.376 e. The van der Waals surface area contributed by atoms with Crippen molar-refractivity contribution in [2.24, 2.45) is 5.92 Å². The third-order valence-electron chi connectivity index (χ3n) is 4.01. The molecule has 3 atom stereocenters. The van der Waals surface area contributed by atoms with Crippen molar-refractivity contribution in [2.45, 2.75) is 58.6 Å². The first-order valence-corrected chi connectivity index (χ1v) is 8.02. The molecule has 1 saturated carbocycles. The van der Waals surface area contributed by atoms with E-state index < -0.39 is 0 Å². The zero-order valence-electron chi connectivity index (χ0n) is 13.6. The van der Waals surface area contributed by atoms with Crippen molar-refractivity contribution in [3.63, 3.8) is 0 Å². The summed E-state index contributed by atoms with van der Waals surface area (Å²) in [6.07, 6.45) is 5.23. The second-order valence-electron chi connectivity index (χ2n) is 5.97. The molecule has 1 aliphatic carbocycles. The van der Waals surface area contributed by atoms with Gasteiger partial charge in [0.15, 0.2) is 5.82 Å². The average Bonchev–Trinajstić information content (AvgIpc) is 2.92. The summed E-state index contributed by atoms with van der Waals surface area (Å²) in [4.78, 5) is 15.9. The minimum absolute atomic E-state index is 0.261. The fraction of sp³-hybridized carbons (Fsp3) is 0.800. The number of nitrogens with zero attached hydrogens (tertiary/aromatic N) is 2. The highest BCUT2D eigenvalue weighted by Gasteiger charge is 2.21. The standard InChI is InChI=1S/C15H26N4O3/c1-10-6-4-5-7-13(10)21-9-8-16-15(20)17-11(2)14-18-12(3)19-22-14/h10-11,13H,4-9H2,1-3H3,(H2,16,17,20)/t10-,11-,13+/m0/s1. The van der Waals surface area contributed by atoms with Gasteiger partial charge in [-0.1, -0.05) is 24.9 Å². The Bertz CT molecular complexity index is 477. The van der Waals surface area contributed by atoms with E-state index in [-0.39, 0.29) is 12.1 Å². The van der Waals surface area contributed by atoms with Gasteiger partial charge in [0.1, 0.15) is 6.04 Å². The zero-order valence-corrected chi connectivity index (χ0v) is 13.6. The van der Waals surface area contributed by atoms with Gasteiger partial charge in [0.25, 0.3) is 0 Å². The number of hydrogen-bond acceptors (Lipinski definition) is 5. The van der Waals surface area contributed by atoms with E-state index in [1.165, 1.54) is 19.3 Å². The summed E-state index contributed by atoms with van der Waals surface area (Å²) < 4.78 is 10.9. The average molecular weight is 310 g/mol. The maximum Gasteiger partial charge on any atom is 0.315 e. The van der Waals surface area contributed by atoms with Crippen LogP contribution in [0.3, 0.4) is 0 Å². The van der Waals surface area contributed by atoms with E-state index in [0.717, 1.165) is 6.42 Å². The second kappa shape index (κ2) is 8.12. The molecule has 2 rings (SSSR count). The summed E-state index contributed by atoms with van der Waals surface area (Å²) in [6.45, 7) is 6.80. The molecule has 0 spiro atoms. The Balaban J connectivity index is 1.61. The van der Waals surface area contributed by atoms with Crippen LogP contribution in [0.25, 0.3) is 0 Å². The fourth-order valence-electron chi connectivity index (χ4n) is 2.70. The van der Waals surface area contributed by atoms with Gasteiger partial charge < -0.3 is 19.9 Å². The van der Waals surface area contributed by atoms with Crippen molar-refractivity contribution >= 4 is 6.03 Å². The predicted octanol–water partition coefficient (Wildman–Crippen LogP) is 2.33. The molecule has 22 heavy (non-hydrogen) atoms. The Morgan fingerprint density at radius 3 is 2.91 bits per heavy atom. The lowest BCUT2D eigenvalue weighted by atomic mass is 9.88. The first kappa shape index (κ1) is 16.7. The van der Waals surface area contributed by atoms with Crippen LogP contribution in [0.15, 0.2) is 4.52 Å². The zero-order chi connectivity index (χ0) is 15.9. The van der Waals surface area contributed by atoms with Gasteiger partial charge in [0.2, 0.25) is 5.89 Å². The van der Waals surface area contributed by atoms with Crippen LogP contribution in [0.4, 0.5) is 4.79 Å². The van der Waals surface area contributed by atoms with Gasteiger partial charge in [-0.2, -0.15) is 4.98 Å². The molecule has 2 amide bonds.